The van der Waals surface area contributed by atoms with Crippen molar-refractivity contribution in [3.05, 3.63) is 65.9 Å². The number of aromatic nitrogens is 1. The molecule has 2 aliphatic rings. The summed E-state index contributed by atoms with van der Waals surface area (Å²) in [5.41, 5.74) is 2.86. The Labute approximate surface area is 195 Å². The van der Waals surface area contributed by atoms with Crippen LogP contribution < -0.4 is 4.74 Å². The van der Waals surface area contributed by atoms with E-state index >= 15 is 0 Å². The molecule has 5 rings (SSSR count). The average Bonchev–Trinajstić information content (AvgIpc) is 3.45. The number of rotatable bonds is 6. The maximum absolute atomic E-state index is 13.8. The third kappa shape index (κ3) is 4.37. The van der Waals surface area contributed by atoms with Gasteiger partial charge in [0, 0.05) is 37.9 Å². The molecule has 0 bridgehead atoms. The van der Waals surface area contributed by atoms with Crippen molar-refractivity contribution in [2.45, 2.75) is 51.5 Å². The van der Waals surface area contributed by atoms with E-state index in [9.17, 15) is 4.79 Å². The number of hydrogen-bond acceptors (Lipinski definition) is 4. The molecule has 2 aliphatic heterocycles. The van der Waals surface area contributed by atoms with Gasteiger partial charge >= 0.3 is 0 Å². The third-order valence-electron chi connectivity index (χ3n) is 6.84. The minimum absolute atomic E-state index is 0.0458. The van der Waals surface area contributed by atoms with Gasteiger partial charge in [-0.2, -0.15) is 0 Å². The van der Waals surface area contributed by atoms with Crippen LogP contribution in [0.5, 0.6) is 5.75 Å². The molecular weight excluding hydrogens is 416 g/mol. The van der Waals surface area contributed by atoms with Crippen molar-refractivity contribution in [1.29, 1.82) is 0 Å². The quantitative estimate of drug-likeness (QED) is 0.541. The monoisotopic (exact) mass is 448 g/mol. The predicted molar refractivity (Wildman–Crippen MR) is 128 cm³/mol. The first-order valence-corrected chi connectivity index (χ1v) is 12.0. The third-order valence-corrected chi connectivity index (χ3v) is 6.84. The molecule has 0 aliphatic carbocycles. The van der Waals surface area contributed by atoms with Gasteiger partial charge in [0.15, 0.2) is 5.79 Å². The Bertz CT molecular complexity index is 1110. The smallest absolute Gasteiger partial charge is 0.270 e. The highest BCUT2D eigenvalue weighted by atomic mass is 16.7. The van der Waals surface area contributed by atoms with Crippen LogP contribution in [0, 0.1) is 0 Å². The summed E-state index contributed by atoms with van der Waals surface area (Å²) in [5.74, 6) is 0.378. The number of hydrogen-bond donors (Lipinski definition) is 0. The second-order valence-electron chi connectivity index (χ2n) is 9.03. The van der Waals surface area contributed by atoms with Crippen LogP contribution in [-0.2, 0) is 16.0 Å². The van der Waals surface area contributed by atoms with Crippen molar-refractivity contribution in [2.75, 3.05) is 26.3 Å². The molecule has 1 atom stereocenters. The zero-order valence-electron chi connectivity index (χ0n) is 19.5. The summed E-state index contributed by atoms with van der Waals surface area (Å²) in [7, 11) is 0. The SMILES string of the molecule is CCC(C)Oc1cccc2c1cc(C(=O)N1CCC3(CC1)OCCO3)n2Cc1ccccc1. The van der Waals surface area contributed by atoms with Gasteiger partial charge in [-0.05, 0) is 37.1 Å². The summed E-state index contributed by atoms with van der Waals surface area (Å²) in [6, 6.07) is 18.4. The average molecular weight is 449 g/mol. The molecule has 2 fully saturated rings. The summed E-state index contributed by atoms with van der Waals surface area (Å²) < 4.78 is 20.0. The lowest BCUT2D eigenvalue weighted by molar-refractivity contribution is -0.181. The Morgan fingerprint density at radius 3 is 2.48 bits per heavy atom. The number of carbonyl (C=O) groups is 1. The Hall–Kier alpha value is -2.83. The van der Waals surface area contributed by atoms with Gasteiger partial charge < -0.3 is 23.7 Å². The maximum atomic E-state index is 13.8. The summed E-state index contributed by atoms with van der Waals surface area (Å²) in [4.78, 5) is 15.7. The highest BCUT2D eigenvalue weighted by Crippen LogP contribution is 2.34. The van der Waals surface area contributed by atoms with Crippen LogP contribution in [0.1, 0.15) is 49.2 Å². The van der Waals surface area contributed by atoms with Crippen LogP contribution in [0.3, 0.4) is 0 Å². The number of amides is 1. The fraction of sp³-hybridized carbons (Fsp3) is 0.444. The summed E-state index contributed by atoms with van der Waals surface area (Å²) in [5, 5.41) is 0.980. The van der Waals surface area contributed by atoms with E-state index in [1.807, 2.05) is 41.3 Å². The first kappa shape index (κ1) is 22.0. The summed E-state index contributed by atoms with van der Waals surface area (Å²) >= 11 is 0. The predicted octanol–water partition coefficient (Wildman–Crippen LogP) is 4.85. The number of benzene rings is 2. The number of piperidine rings is 1. The highest BCUT2D eigenvalue weighted by Gasteiger charge is 2.41. The molecule has 2 aromatic carbocycles. The van der Waals surface area contributed by atoms with E-state index in [4.69, 9.17) is 14.2 Å². The van der Waals surface area contributed by atoms with Crippen molar-refractivity contribution in [1.82, 2.24) is 9.47 Å². The van der Waals surface area contributed by atoms with Crippen LogP contribution in [0.25, 0.3) is 10.9 Å². The van der Waals surface area contributed by atoms with Crippen LogP contribution in [0.4, 0.5) is 0 Å². The van der Waals surface area contributed by atoms with E-state index in [-0.39, 0.29) is 12.0 Å². The second-order valence-corrected chi connectivity index (χ2v) is 9.03. The van der Waals surface area contributed by atoms with Crippen LogP contribution in [0.2, 0.25) is 0 Å². The molecule has 1 aromatic heterocycles. The standard InChI is InChI=1S/C27H32N2O4/c1-3-20(2)33-25-11-7-10-23-22(25)18-24(29(23)19-21-8-5-4-6-9-21)26(30)28-14-12-27(13-15-28)31-16-17-32-27/h4-11,18,20H,3,12-17,19H2,1-2H3. The summed E-state index contributed by atoms with van der Waals surface area (Å²) in [6.45, 7) is 7.34. The summed E-state index contributed by atoms with van der Waals surface area (Å²) in [6.07, 6.45) is 2.45. The molecule has 3 aromatic rings. The van der Waals surface area contributed by atoms with Gasteiger partial charge in [0.05, 0.1) is 24.8 Å². The normalized spacial score (nSPS) is 18.7. The van der Waals surface area contributed by atoms with Crippen molar-refractivity contribution in [2.24, 2.45) is 0 Å². The fourth-order valence-electron chi connectivity index (χ4n) is 4.77. The van der Waals surface area contributed by atoms with Crippen LogP contribution >= 0.6 is 0 Å². The molecule has 1 unspecified atom stereocenters. The molecule has 0 N–H and O–H groups in total. The molecule has 0 saturated carbocycles. The Morgan fingerprint density at radius 1 is 1.06 bits per heavy atom. The molecule has 1 spiro atoms. The van der Waals surface area contributed by atoms with E-state index in [1.165, 1.54) is 0 Å². The van der Waals surface area contributed by atoms with Gasteiger partial charge in [0.25, 0.3) is 5.91 Å². The first-order valence-electron chi connectivity index (χ1n) is 12.0. The molecule has 1 amide bonds. The molecule has 6 heteroatoms. The zero-order chi connectivity index (χ0) is 22.8. The molecule has 174 valence electrons. The van der Waals surface area contributed by atoms with E-state index in [0.717, 1.165) is 28.6 Å². The molecular formula is C27H32N2O4. The molecule has 33 heavy (non-hydrogen) atoms. The van der Waals surface area contributed by atoms with E-state index in [2.05, 4.69) is 36.6 Å². The largest absolute Gasteiger partial charge is 0.490 e. The van der Waals surface area contributed by atoms with Crippen molar-refractivity contribution in [3.63, 3.8) is 0 Å². The maximum Gasteiger partial charge on any atom is 0.270 e. The number of nitrogens with zero attached hydrogens (tertiary/aromatic N) is 2. The zero-order valence-corrected chi connectivity index (χ0v) is 19.5. The van der Waals surface area contributed by atoms with Crippen LogP contribution in [0.15, 0.2) is 54.6 Å². The van der Waals surface area contributed by atoms with Gasteiger partial charge in [0.2, 0.25) is 0 Å². The van der Waals surface area contributed by atoms with Gasteiger partial charge in [-0.15, -0.1) is 0 Å². The minimum Gasteiger partial charge on any atom is -0.490 e. The van der Waals surface area contributed by atoms with E-state index < -0.39 is 5.79 Å². The van der Waals surface area contributed by atoms with Gasteiger partial charge in [-0.25, -0.2) is 0 Å². The van der Waals surface area contributed by atoms with Crippen molar-refractivity contribution >= 4 is 16.8 Å². The Kier molecular flexibility index (Phi) is 6.13. The minimum atomic E-state index is -0.495. The van der Waals surface area contributed by atoms with Crippen LogP contribution in [-0.4, -0.2) is 53.6 Å². The Morgan fingerprint density at radius 2 is 1.79 bits per heavy atom. The molecule has 2 saturated heterocycles. The topological polar surface area (TPSA) is 52.9 Å². The van der Waals surface area contributed by atoms with Crippen molar-refractivity contribution in [3.8, 4) is 5.75 Å². The number of ether oxygens (including phenoxy) is 3. The highest BCUT2D eigenvalue weighted by molar-refractivity contribution is 6.00. The molecule has 6 nitrogen and oxygen atoms in total. The van der Waals surface area contributed by atoms with Gasteiger partial charge in [0.1, 0.15) is 11.4 Å². The van der Waals surface area contributed by atoms with E-state index in [1.54, 1.807) is 0 Å². The van der Waals surface area contributed by atoms with Gasteiger partial charge in [-0.1, -0.05) is 43.3 Å². The second kappa shape index (κ2) is 9.20. The Balaban J connectivity index is 1.50. The lowest BCUT2D eigenvalue weighted by atomic mass is 10.0. The van der Waals surface area contributed by atoms with Crippen molar-refractivity contribution < 1.29 is 19.0 Å². The number of fused-ring (bicyclic) bond motifs is 1. The molecule has 0 radical (unpaired) electrons. The fourth-order valence-corrected chi connectivity index (χ4v) is 4.77. The van der Waals surface area contributed by atoms with E-state index in [0.29, 0.717) is 51.4 Å². The lowest BCUT2D eigenvalue weighted by Gasteiger charge is -2.37. The lowest BCUT2D eigenvalue weighted by Crippen LogP contribution is -2.47. The first-order chi connectivity index (χ1) is 16.1. The molecule has 3 heterocycles. The van der Waals surface area contributed by atoms with Gasteiger partial charge in [-0.3, -0.25) is 4.79 Å². The number of carbonyl (C=O) groups excluding carboxylic acids is 1. The number of likely N-dealkylation sites (tertiary alicyclic amines) is 1.